The zero-order chi connectivity index (χ0) is 19.5. The summed E-state index contributed by atoms with van der Waals surface area (Å²) in [6, 6.07) is 9.92. The smallest absolute Gasteiger partial charge is 0.398 e. The minimum atomic E-state index is -0.562. The molecule has 1 aliphatic rings. The van der Waals surface area contributed by atoms with E-state index in [0.29, 0.717) is 33.0 Å². The van der Waals surface area contributed by atoms with Crippen molar-refractivity contribution in [2.24, 2.45) is 0 Å². The van der Waals surface area contributed by atoms with Crippen LogP contribution in [0.15, 0.2) is 30.3 Å². The van der Waals surface area contributed by atoms with Gasteiger partial charge in [-0.05, 0) is 26.2 Å². The first-order chi connectivity index (χ1) is 12.3. The van der Waals surface area contributed by atoms with Gasteiger partial charge < -0.3 is 28.6 Å². The number of rotatable bonds is 9. The second kappa shape index (κ2) is 12.0. The molecule has 148 valence electrons. The molecule has 0 spiro atoms. The van der Waals surface area contributed by atoms with Gasteiger partial charge in [-0.2, -0.15) is 0 Å². The van der Waals surface area contributed by atoms with Crippen LogP contribution >= 0.6 is 12.6 Å². The van der Waals surface area contributed by atoms with Gasteiger partial charge in [0.05, 0.1) is 45.2 Å². The molecule has 0 amide bonds. The van der Waals surface area contributed by atoms with E-state index in [4.69, 9.17) is 28.6 Å². The fraction of sp³-hybridized carbons (Fsp3) is 0.667. The summed E-state index contributed by atoms with van der Waals surface area (Å²) in [4.78, 5) is -0.562. The first kappa shape index (κ1) is 23.4. The number of benzene rings is 1. The summed E-state index contributed by atoms with van der Waals surface area (Å²) in [5.74, 6) is 0. The topological polar surface area (TPSA) is 66.4 Å². The maximum atomic E-state index is 8.32. The van der Waals surface area contributed by atoms with Crippen molar-refractivity contribution in [3.05, 3.63) is 30.3 Å². The normalized spacial score (nSPS) is 21.4. The summed E-state index contributed by atoms with van der Waals surface area (Å²) in [5, 5.41) is 8.32. The lowest BCUT2D eigenvalue weighted by Crippen LogP contribution is -2.39. The minimum Gasteiger partial charge on any atom is -0.398 e. The molecule has 26 heavy (non-hydrogen) atoms. The largest absolute Gasteiger partial charge is 0.495 e. The van der Waals surface area contributed by atoms with E-state index in [-0.39, 0.29) is 13.7 Å². The van der Waals surface area contributed by atoms with E-state index in [0.717, 1.165) is 5.46 Å². The third kappa shape index (κ3) is 7.96. The Morgan fingerprint density at radius 2 is 1.54 bits per heavy atom. The molecule has 0 saturated carbocycles. The van der Waals surface area contributed by atoms with Gasteiger partial charge in [0.25, 0.3) is 0 Å². The van der Waals surface area contributed by atoms with Gasteiger partial charge in [0.2, 0.25) is 0 Å². The van der Waals surface area contributed by atoms with Crippen LogP contribution in [0.3, 0.4) is 0 Å². The highest BCUT2D eigenvalue weighted by molar-refractivity contribution is 7.81. The molecule has 1 heterocycles. The van der Waals surface area contributed by atoms with E-state index < -0.39 is 10.5 Å². The summed E-state index contributed by atoms with van der Waals surface area (Å²) in [7, 11) is 1.31. The molecule has 0 bridgehead atoms. The fourth-order valence-corrected chi connectivity index (χ4v) is 2.17. The van der Waals surface area contributed by atoms with Crippen molar-refractivity contribution in [1.82, 2.24) is 0 Å². The van der Waals surface area contributed by atoms with Crippen LogP contribution in [0.5, 0.6) is 0 Å². The van der Waals surface area contributed by atoms with E-state index >= 15 is 0 Å². The van der Waals surface area contributed by atoms with Crippen LogP contribution in [0, 0.1) is 0 Å². The third-order valence-corrected chi connectivity index (χ3v) is 4.61. The number of aliphatic hydroxyl groups is 1. The van der Waals surface area contributed by atoms with Crippen molar-refractivity contribution in [2.45, 2.75) is 31.3 Å². The second-order valence-electron chi connectivity index (χ2n) is 6.41. The Morgan fingerprint density at radius 3 is 2.04 bits per heavy atom. The van der Waals surface area contributed by atoms with Crippen LogP contribution in [0.2, 0.25) is 0 Å². The summed E-state index contributed by atoms with van der Waals surface area (Å²) in [6.45, 7) is 8.66. The van der Waals surface area contributed by atoms with E-state index in [1.807, 2.05) is 51.1 Å². The first-order valence-corrected chi connectivity index (χ1v) is 9.17. The van der Waals surface area contributed by atoms with Gasteiger partial charge in [0, 0.05) is 7.11 Å². The Labute approximate surface area is 162 Å². The number of ether oxygens (including phenoxy) is 3. The molecule has 1 unspecified atom stereocenters. The highest BCUT2D eigenvalue weighted by Gasteiger charge is 2.52. The lowest BCUT2D eigenvalue weighted by molar-refractivity contribution is 0.0159. The Kier molecular flexibility index (Phi) is 10.8. The standard InChI is InChI=1S/C11H15BO2S.C7H16O4/c1-10(2)11(3,15)14-12(13-10)9-7-5-4-6-8-9;1-9-4-5-11-7-6-10-3-2-8/h4-8,15H,1-3H3;8H,2-7H2,1H3. The molecule has 8 heteroatoms. The van der Waals surface area contributed by atoms with Crippen molar-refractivity contribution >= 4 is 25.2 Å². The average molecular weight is 386 g/mol. The third-order valence-electron chi connectivity index (χ3n) is 3.97. The lowest BCUT2D eigenvalue weighted by atomic mass is 9.79. The molecule has 0 aromatic heterocycles. The molecule has 1 N–H and O–H groups in total. The zero-order valence-electron chi connectivity index (χ0n) is 16.1. The van der Waals surface area contributed by atoms with Gasteiger partial charge in [-0.25, -0.2) is 0 Å². The van der Waals surface area contributed by atoms with Crippen LogP contribution in [0.4, 0.5) is 0 Å². The first-order valence-electron chi connectivity index (χ1n) is 8.72. The lowest BCUT2D eigenvalue weighted by Gasteiger charge is -2.31. The highest BCUT2D eigenvalue weighted by Crippen LogP contribution is 2.39. The number of hydrogen-bond acceptors (Lipinski definition) is 7. The number of hydrogen-bond donors (Lipinski definition) is 2. The SMILES string of the molecule is CC1(C)OB(c2ccccc2)OC1(C)S.COCCOCCOCCO. The predicted octanol–water partition coefficient (Wildman–Crippen LogP) is 1.51. The van der Waals surface area contributed by atoms with E-state index in [1.54, 1.807) is 7.11 Å². The quantitative estimate of drug-likeness (QED) is 0.381. The Morgan fingerprint density at radius 1 is 0.962 bits per heavy atom. The van der Waals surface area contributed by atoms with Crippen LogP contribution in [0.25, 0.3) is 0 Å². The predicted molar refractivity (Wildman–Crippen MR) is 106 cm³/mol. The summed E-state index contributed by atoms with van der Waals surface area (Å²) < 4.78 is 26.4. The molecule has 2 rings (SSSR count). The molecule has 1 aromatic carbocycles. The molecule has 1 aliphatic heterocycles. The van der Waals surface area contributed by atoms with Gasteiger partial charge in [-0.15, -0.1) is 12.6 Å². The Hall–Kier alpha value is -0.605. The van der Waals surface area contributed by atoms with Gasteiger partial charge in [-0.3, -0.25) is 0 Å². The molecule has 1 fully saturated rings. The Bertz CT molecular complexity index is 462. The van der Waals surface area contributed by atoms with Gasteiger partial charge in [-0.1, -0.05) is 30.3 Å². The van der Waals surface area contributed by atoms with Crippen molar-refractivity contribution in [2.75, 3.05) is 46.8 Å². The van der Waals surface area contributed by atoms with Crippen molar-refractivity contribution in [3.8, 4) is 0 Å². The average Bonchev–Trinajstić information content (AvgIpc) is 2.83. The highest BCUT2D eigenvalue weighted by atomic mass is 32.1. The molecule has 1 atom stereocenters. The number of methoxy groups -OCH3 is 1. The Balaban J connectivity index is 0.000000276. The zero-order valence-corrected chi connectivity index (χ0v) is 17.0. The van der Waals surface area contributed by atoms with E-state index in [1.165, 1.54) is 0 Å². The summed E-state index contributed by atoms with van der Waals surface area (Å²) in [5.41, 5.74) is 0.639. The maximum Gasteiger partial charge on any atom is 0.495 e. The fourth-order valence-electron chi connectivity index (χ4n) is 2.03. The maximum absolute atomic E-state index is 8.32. The molecule has 0 aliphatic carbocycles. The molecule has 1 saturated heterocycles. The molecule has 1 aromatic rings. The van der Waals surface area contributed by atoms with Crippen LogP contribution in [-0.4, -0.2) is 69.5 Å². The van der Waals surface area contributed by atoms with Crippen LogP contribution in [-0.2, 0) is 23.5 Å². The monoisotopic (exact) mass is 386 g/mol. The second-order valence-corrected chi connectivity index (χ2v) is 7.27. The molecule has 0 radical (unpaired) electrons. The van der Waals surface area contributed by atoms with E-state index in [2.05, 4.69) is 12.6 Å². The van der Waals surface area contributed by atoms with Crippen molar-refractivity contribution in [3.63, 3.8) is 0 Å². The van der Waals surface area contributed by atoms with Gasteiger partial charge in [0.1, 0.15) is 4.93 Å². The van der Waals surface area contributed by atoms with Crippen molar-refractivity contribution in [1.29, 1.82) is 0 Å². The number of thiol groups is 1. The summed E-state index contributed by atoms with van der Waals surface area (Å²) in [6.07, 6.45) is 0. The van der Waals surface area contributed by atoms with E-state index in [9.17, 15) is 0 Å². The van der Waals surface area contributed by atoms with Crippen LogP contribution < -0.4 is 5.46 Å². The molecular formula is C18H31BO6S. The van der Waals surface area contributed by atoms with Gasteiger partial charge >= 0.3 is 7.12 Å². The minimum absolute atomic E-state index is 0.0675. The van der Waals surface area contributed by atoms with Crippen molar-refractivity contribution < 1.29 is 28.6 Å². The summed E-state index contributed by atoms with van der Waals surface area (Å²) >= 11 is 4.49. The molecule has 6 nitrogen and oxygen atoms in total. The number of aliphatic hydroxyl groups excluding tert-OH is 1. The van der Waals surface area contributed by atoms with Crippen LogP contribution in [0.1, 0.15) is 20.8 Å². The van der Waals surface area contributed by atoms with Gasteiger partial charge in [0.15, 0.2) is 0 Å². The molecular weight excluding hydrogens is 355 g/mol.